The summed E-state index contributed by atoms with van der Waals surface area (Å²) in [6, 6.07) is 0. The number of rotatable bonds is 3. The van der Waals surface area contributed by atoms with Crippen molar-refractivity contribution in [2.45, 2.75) is 52.0 Å². The van der Waals surface area contributed by atoms with Crippen molar-refractivity contribution < 1.29 is 9.53 Å². The van der Waals surface area contributed by atoms with Gasteiger partial charge in [0.1, 0.15) is 0 Å². The lowest BCUT2D eigenvalue weighted by molar-refractivity contribution is 0.0518. The highest BCUT2D eigenvalue weighted by Gasteiger charge is 2.36. The molecule has 0 amide bonds. The van der Waals surface area contributed by atoms with Crippen LogP contribution in [0.15, 0.2) is 0 Å². The first-order chi connectivity index (χ1) is 7.95. The van der Waals surface area contributed by atoms with Gasteiger partial charge >= 0.3 is 5.97 Å². The Kier molecular flexibility index (Phi) is 2.93. The lowest BCUT2D eigenvalue weighted by Gasteiger charge is -2.21. The molecule has 1 heterocycles. The van der Waals surface area contributed by atoms with Gasteiger partial charge in [-0.15, -0.1) is 5.10 Å². The Bertz CT molecular complexity index is 427. The summed E-state index contributed by atoms with van der Waals surface area (Å²) in [7, 11) is 0. The molecule has 1 aromatic rings. The van der Waals surface area contributed by atoms with Gasteiger partial charge in [-0.05, 0) is 40.5 Å². The maximum absolute atomic E-state index is 11.8. The number of hydrogen-bond donors (Lipinski definition) is 0. The zero-order valence-corrected chi connectivity index (χ0v) is 10.9. The van der Waals surface area contributed by atoms with E-state index in [1.54, 1.807) is 6.92 Å². The van der Waals surface area contributed by atoms with Crippen LogP contribution >= 0.6 is 0 Å². The number of carbonyl (C=O) groups excluding carboxylic acids is 1. The third-order valence-corrected chi connectivity index (χ3v) is 2.77. The van der Waals surface area contributed by atoms with Crippen LogP contribution < -0.4 is 0 Å². The van der Waals surface area contributed by atoms with Crippen LogP contribution in [-0.4, -0.2) is 27.6 Å². The van der Waals surface area contributed by atoms with E-state index in [4.69, 9.17) is 4.74 Å². The molecular weight excluding hydrogens is 218 g/mol. The van der Waals surface area contributed by atoms with Crippen LogP contribution in [0.1, 0.15) is 62.6 Å². The van der Waals surface area contributed by atoms with Crippen molar-refractivity contribution >= 4 is 5.97 Å². The second-order valence-corrected chi connectivity index (χ2v) is 5.40. The molecule has 1 saturated carbocycles. The summed E-state index contributed by atoms with van der Waals surface area (Å²) in [6.07, 6.45) is 2.21. The number of hydrogen-bond acceptors (Lipinski definition) is 4. The molecule has 17 heavy (non-hydrogen) atoms. The van der Waals surface area contributed by atoms with Gasteiger partial charge in [0.15, 0.2) is 5.69 Å². The average Bonchev–Trinajstić information content (AvgIpc) is 2.95. The van der Waals surface area contributed by atoms with Crippen LogP contribution in [0.25, 0.3) is 0 Å². The molecule has 2 rings (SSSR count). The van der Waals surface area contributed by atoms with Crippen molar-refractivity contribution in [2.24, 2.45) is 0 Å². The van der Waals surface area contributed by atoms with E-state index >= 15 is 0 Å². The quantitative estimate of drug-likeness (QED) is 0.755. The summed E-state index contributed by atoms with van der Waals surface area (Å²) in [6.45, 7) is 8.33. The van der Waals surface area contributed by atoms with Gasteiger partial charge in [-0.2, -0.15) is 0 Å². The van der Waals surface area contributed by atoms with Crippen LogP contribution in [0.5, 0.6) is 0 Å². The van der Waals surface area contributed by atoms with E-state index in [9.17, 15) is 4.79 Å². The molecule has 94 valence electrons. The zero-order chi connectivity index (χ0) is 12.6. The third kappa shape index (κ3) is 2.33. The number of nitrogens with zero attached hydrogens (tertiary/aromatic N) is 3. The predicted molar refractivity (Wildman–Crippen MR) is 62.9 cm³/mol. The first kappa shape index (κ1) is 12.1. The highest BCUT2D eigenvalue weighted by molar-refractivity contribution is 5.88. The number of aromatic nitrogens is 3. The molecule has 0 radical (unpaired) electrons. The Morgan fingerprint density at radius 2 is 2.12 bits per heavy atom. The highest BCUT2D eigenvalue weighted by atomic mass is 16.5. The van der Waals surface area contributed by atoms with E-state index in [2.05, 4.69) is 31.1 Å². The van der Waals surface area contributed by atoms with E-state index in [1.165, 1.54) is 0 Å². The van der Waals surface area contributed by atoms with Crippen LogP contribution in [-0.2, 0) is 10.3 Å². The van der Waals surface area contributed by atoms with E-state index in [0.29, 0.717) is 18.2 Å². The Balaban J connectivity index is 2.40. The van der Waals surface area contributed by atoms with Gasteiger partial charge < -0.3 is 4.74 Å². The summed E-state index contributed by atoms with van der Waals surface area (Å²) in [5.74, 6) is 0.0635. The molecule has 0 N–H and O–H groups in total. The van der Waals surface area contributed by atoms with Crippen LogP contribution in [0, 0.1) is 0 Å². The van der Waals surface area contributed by atoms with E-state index < -0.39 is 0 Å². The molecule has 0 saturated heterocycles. The Labute approximate surface area is 101 Å². The van der Waals surface area contributed by atoms with Crippen molar-refractivity contribution in [2.75, 3.05) is 6.61 Å². The Morgan fingerprint density at radius 3 is 2.59 bits per heavy atom. The third-order valence-electron chi connectivity index (χ3n) is 2.77. The van der Waals surface area contributed by atoms with Crippen molar-refractivity contribution in [3.8, 4) is 0 Å². The molecule has 1 aliphatic rings. The second kappa shape index (κ2) is 4.13. The topological polar surface area (TPSA) is 57.0 Å². The SMILES string of the molecule is CCOC(=O)c1nnn(C(C)(C)C)c1C1CC1. The number of carbonyl (C=O) groups is 1. The fourth-order valence-corrected chi connectivity index (χ4v) is 1.85. The lowest BCUT2D eigenvalue weighted by Crippen LogP contribution is -2.25. The normalized spacial score (nSPS) is 16.0. The maximum atomic E-state index is 11.8. The second-order valence-electron chi connectivity index (χ2n) is 5.40. The summed E-state index contributed by atoms with van der Waals surface area (Å²) in [4.78, 5) is 11.8. The van der Waals surface area contributed by atoms with Gasteiger partial charge in [0.05, 0.1) is 17.8 Å². The molecule has 0 aromatic carbocycles. The highest BCUT2D eigenvalue weighted by Crippen LogP contribution is 2.42. The zero-order valence-electron chi connectivity index (χ0n) is 10.9. The number of ether oxygens (including phenoxy) is 1. The minimum Gasteiger partial charge on any atom is -0.461 e. The fourth-order valence-electron chi connectivity index (χ4n) is 1.85. The molecule has 0 bridgehead atoms. The van der Waals surface area contributed by atoms with Crippen molar-refractivity contribution in [1.82, 2.24) is 15.0 Å². The van der Waals surface area contributed by atoms with Gasteiger partial charge in [0.25, 0.3) is 0 Å². The lowest BCUT2D eigenvalue weighted by atomic mass is 10.1. The van der Waals surface area contributed by atoms with Crippen LogP contribution in [0.3, 0.4) is 0 Å². The predicted octanol–water partition coefficient (Wildman–Crippen LogP) is 2.09. The van der Waals surface area contributed by atoms with Crippen LogP contribution in [0.4, 0.5) is 0 Å². The Hall–Kier alpha value is -1.39. The van der Waals surface area contributed by atoms with Gasteiger partial charge in [0.2, 0.25) is 0 Å². The molecule has 0 spiro atoms. The summed E-state index contributed by atoms with van der Waals surface area (Å²) in [5.41, 5.74) is 1.18. The summed E-state index contributed by atoms with van der Waals surface area (Å²) in [5, 5.41) is 8.12. The minimum atomic E-state index is -0.357. The average molecular weight is 237 g/mol. The maximum Gasteiger partial charge on any atom is 0.360 e. The Morgan fingerprint density at radius 1 is 1.47 bits per heavy atom. The molecule has 5 nitrogen and oxygen atoms in total. The van der Waals surface area contributed by atoms with Gasteiger partial charge in [-0.1, -0.05) is 5.21 Å². The van der Waals surface area contributed by atoms with Crippen molar-refractivity contribution in [3.05, 3.63) is 11.4 Å². The summed E-state index contributed by atoms with van der Waals surface area (Å²) < 4.78 is 6.88. The summed E-state index contributed by atoms with van der Waals surface area (Å²) >= 11 is 0. The van der Waals surface area contributed by atoms with Crippen molar-refractivity contribution in [3.63, 3.8) is 0 Å². The van der Waals surface area contributed by atoms with E-state index in [-0.39, 0.29) is 11.5 Å². The minimum absolute atomic E-state index is 0.157. The molecule has 0 aliphatic heterocycles. The largest absolute Gasteiger partial charge is 0.461 e. The fraction of sp³-hybridized carbons (Fsp3) is 0.750. The first-order valence-corrected chi connectivity index (χ1v) is 6.08. The molecule has 1 aliphatic carbocycles. The van der Waals surface area contributed by atoms with Crippen LogP contribution in [0.2, 0.25) is 0 Å². The number of esters is 1. The standard InChI is InChI=1S/C12H19N3O2/c1-5-17-11(16)9-10(8-6-7-8)15(14-13-9)12(2,3)4/h8H,5-7H2,1-4H3. The monoisotopic (exact) mass is 237 g/mol. The molecule has 1 aromatic heterocycles. The smallest absolute Gasteiger partial charge is 0.360 e. The van der Waals surface area contributed by atoms with Gasteiger partial charge in [-0.3, -0.25) is 0 Å². The van der Waals surface area contributed by atoms with E-state index in [0.717, 1.165) is 18.5 Å². The molecule has 5 heteroatoms. The van der Waals surface area contributed by atoms with Gasteiger partial charge in [-0.25, -0.2) is 9.48 Å². The van der Waals surface area contributed by atoms with Gasteiger partial charge in [0, 0.05) is 5.92 Å². The molecule has 1 fully saturated rings. The van der Waals surface area contributed by atoms with Crippen molar-refractivity contribution in [1.29, 1.82) is 0 Å². The van der Waals surface area contributed by atoms with E-state index in [1.807, 2.05) is 4.68 Å². The molecular formula is C12H19N3O2. The molecule has 0 unspecified atom stereocenters. The first-order valence-electron chi connectivity index (χ1n) is 6.08. The molecule has 0 atom stereocenters.